The fourth-order valence-electron chi connectivity index (χ4n) is 2.95. The molecule has 0 saturated heterocycles. The van der Waals surface area contributed by atoms with Gasteiger partial charge in [-0.05, 0) is 18.2 Å². The van der Waals surface area contributed by atoms with E-state index in [9.17, 15) is 0 Å². The SMILES string of the molecule is CC1COc2c1c(Oc1cccc(Br)c1)cc1nc(N)nc(N)c21. The zero-order valence-corrected chi connectivity index (χ0v) is 14.5. The van der Waals surface area contributed by atoms with E-state index in [1.165, 1.54) is 0 Å². The minimum Gasteiger partial charge on any atom is -0.492 e. The van der Waals surface area contributed by atoms with Crippen LogP contribution in [0.4, 0.5) is 11.8 Å². The molecule has 0 radical (unpaired) electrons. The number of fused-ring (bicyclic) bond motifs is 3. The molecule has 122 valence electrons. The van der Waals surface area contributed by atoms with Crippen molar-refractivity contribution in [3.8, 4) is 17.2 Å². The molecular weight excluding hydrogens is 372 g/mol. The number of ether oxygens (including phenoxy) is 2. The van der Waals surface area contributed by atoms with Crippen molar-refractivity contribution in [2.45, 2.75) is 12.8 Å². The minimum atomic E-state index is 0.124. The van der Waals surface area contributed by atoms with Crippen LogP contribution in [0.15, 0.2) is 34.8 Å². The summed E-state index contributed by atoms with van der Waals surface area (Å²) in [4.78, 5) is 8.32. The Kier molecular flexibility index (Phi) is 3.45. The molecule has 0 fully saturated rings. The average molecular weight is 387 g/mol. The Balaban J connectivity index is 1.94. The zero-order chi connectivity index (χ0) is 16.8. The summed E-state index contributed by atoms with van der Waals surface area (Å²) in [6, 6.07) is 9.50. The largest absolute Gasteiger partial charge is 0.492 e. The molecule has 0 spiro atoms. The van der Waals surface area contributed by atoms with Crippen molar-refractivity contribution in [1.82, 2.24) is 9.97 Å². The predicted molar refractivity (Wildman–Crippen MR) is 96.5 cm³/mol. The molecule has 1 aliphatic heterocycles. The lowest BCUT2D eigenvalue weighted by Crippen LogP contribution is -2.02. The molecule has 0 aliphatic carbocycles. The van der Waals surface area contributed by atoms with Crippen LogP contribution in [0.1, 0.15) is 18.4 Å². The summed E-state index contributed by atoms with van der Waals surface area (Å²) in [6.45, 7) is 2.65. The molecule has 0 bridgehead atoms. The average Bonchev–Trinajstić information content (AvgIpc) is 2.89. The summed E-state index contributed by atoms with van der Waals surface area (Å²) in [5.74, 6) is 2.72. The topological polar surface area (TPSA) is 96.3 Å². The zero-order valence-electron chi connectivity index (χ0n) is 12.9. The first-order chi connectivity index (χ1) is 11.5. The fraction of sp³-hybridized carbons (Fsp3) is 0.176. The second-order valence-corrected chi connectivity index (χ2v) is 6.67. The number of anilines is 2. The van der Waals surface area contributed by atoms with Gasteiger partial charge in [0.25, 0.3) is 0 Å². The van der Waals surface area contributed by atoms with Crippen LogP contribution < -0.4 is 20.9 Å². The monoisotopic (exact) mass is 386 g/mol. The molecular formula is C17H15BrN4O2. The summed E-state index contributed by atoms with van der Waals surface area (Å²) in [6.07, 6.45) is 0. The van der Waals surface area contributed by atoms with Crippen molar-refractivity contribution in [3.05, 3.63) is 40.4 Å². The summed E-state index contributed by atoms with van der Waals surface area (Å²) in [5, 5.41) is 0.685. The van der Waals surface area contributed by atoms with E-state index in [1.54, 1.807) is 0 Å². The Bertz CT molecular complexity index is 961. The number of benzene rings is 2. The standard InChI is InChI=1S/C17H15BrN4O2/c1-8-7-23-15-13(8)12(24-10-4-2-3-9(18)5-10)6-11-14(15)16(19)22-17(20)21-11/h2-6,8H,7H2,1H3,(H4,19,20,21,22). The van der Waals surface area contributed by atoms with Gasteiger partial charge in [0.1, 0.15) is 23.1 Å². The van der Waals surface area contributed by atoms with E-state index < -0.39 is 0 Å². The first-order valence-electron chi connectivity index (χ1n) is 7.48. The number of nitrogens with two attached hydrogens (primary N) is 2. The molecule has 1 atom stereocenters. The van der Waals surface area contributed by atoms with Crippen molar-refractivity contribution >= 4 is 38.6 Å². The van der Waals surface area contributed by atoms with E-state index in [0.29, 0.717) is 34.8 Å². The first-order valence-corrected chi connectivity index (χ1v) is 8.28. The lowest BCUT2D eigenvalue weighted by Gasteiger charge is -2.14. The Hall–Kier alpha value is -2.54. The fourth-order valence-corrected chi connectivity index (χ4v) is 3.33. The highest BCUT2D eigenvalue weighted by atomic mass is 79.9. The molecule has 0 amide bonds. The number of nitrogen functional groups attached to an aromatic ring is 2. The Labute approximate surface area is 146 Å². The van der Waals surface area contributed by atoms with E-state index in [1.807, 2.05) is 30.3 Å². The van der Waals surface area contributed by atoms with E-state index in [4.69, 9.17) is 20.9 Å². The maximum Gasteiger partial charge on any atom is 0.222 e. The van der Waals surface area contributed by atoms with Gasteiger partial charge in [-0.2, -0.15) is 4.98 Å². The van der Waals surface area contributed by atoms with Gasteiger partial charge in [-0.25, -0.2) is 4.98 Å². The Morgan fingerprint density at radius 1 is 1.25 bits per heavy atom. The third kappa shape index (κ3) is 2.41. The van der Waals surface area contributed by atoms with Crippen LogP contribution in [0.3, 0.4) is 0 Å². The van der Waals surface area contributed by atoms with Crippen LogP contribution in [0.25, 0.3) is 10.9 Å². The molecule has 7 heteroatoms. The van der Waals surface area contributed by atoms with Gasteiger partial charge < -0.3 is 20.9 Å². The van der Waals surface area contributed by atoms with Crippen LogP contribution >= 0.6 is 15.9 Å². The molecule has 3 aromatic rings. The van der Waals surface area contributed by atoms with Gasteiger partial charge in [0, 0.05) is 22.0 Å². The first kappa shape index (κ1) is 15.0. The van der Waals surface area contributed by atoms with E-state index in [2.05, 4.69) is 32.8 Å². The molecule has 6 nitrogen and oxygen atoms in total. The maximum atomic E-state index is 6.11. The highest BCUT2D eigenvalue weighted by Crippen LogP contribution is 2.47. The molecule has 1 unspecified atom stereocenters. The lowest BCUT2D eigenvalue weighted by molar-refractivity contribution is 0.340. The van der Waals surface area contributed by atoms with Gasteiger partial charge in [-0.3, -0.25) is 0 Å². The van der Waals surface area contributed by atoms with Gasteiger partial charge in [-0.1, -0.05) is 28.9 Å². The van der Waals surface area contributed by atoms with Crippen LogP contribution in [0.5, 0.6) is 17.2 Å². The van der Waals surface area contributed by atoms with Gasteiger partial charge >= 0.3 is 0 Å². The molecule has 24 heavy (non-hydrogen) atoms. The third-order valence-electron chi connectivity index (χ3n) is 3.98. The van der Waals surface area contributed by atoms with Gasteiger partial charge in [-0.15, -0.1) is 0 Å². The van der Waals surface area contributed by atoms with Crippen LogP contribution in [0.2, 0.25) is 0 Å². The molecule has 0 saturated carbocycles. The van der Waals surface area contributed by atoms with Crippen molar-refractivity contribution < 1.29 is 9.47 Å². The smallest absolute Gasteiger partial charge is 0.222 e. The van der Waals surface area contributed by atoms with Gasteiger partial charge in [0.05, 0.1) is 17.5 Å². The number of rotatable bonds is 2. The number of hydrogen-bond acceptors (Lipinski definition) is 6. The van der Waals surface area contributed by atoms with Crippen LogP contribution in [-0.2, 0) is 0 Å². The second-order valence-electron chi connectivity index (χ2n) is 5.75. The van der Waals surface area contributed by atoms with E-state index in [0.717, 1.165) is 15.8 Å². The summed E-state index contributed by atoms with van der Waals surface area (Å²) >= 11 is 3.45. The van der Waals surface area contributed by atoms with Crippen LogP contribution in [-0.4, -0.2) is 16.6 Å². The molecule has 1 aliphatic rings. The molecule has 2 aromatic carbocycles. The lowest BCUT2D eigenvalue weighted by atomic mass is 9.99. The van der Waals surface area contributed by atoms with Crippen molar-refractivity contribution in [3.63, 3.8) is 0 Å². The molecule has 2 heterocycles. The van der Waals surface area contributed by atoms with E-state index >= 15 is 0 Å². The molecule has 4 rings (SSSR count). The second kappa shape index (κ2) is 5.52. The summed E-state index contributed by atoms with van der Waals surface area (Å²) in [5.41, 5.74) is 13.4. The number of hydrogen-bond donors (Lipinski definition) is 2. The predicted octanol–water partition coefficient (Wildman–Crippen LogP) is 3.84. The number of nitrogens with zero attached hydrogens (tertiary/aromatic N) is 2. The Morgan fingerprint density at radius 2 is 2.08 bits per heavy atom. The molecule has 4 N–H and O–H groups in total. The van der Waals surface area contributed by atoms with E-state index in [-0.39, 0.29) is 11.9 Å². The normalized spacial score (nSPS) is 16.0. The quantitative estimate of drug-likeness (QED) is 0.694. The highest BCUT2D eigenvalue weighted by Gasteiger charge is 2.29. The van der Waals surface area contributed by atoms with Crippen molar-refractivity contribution in [1.29, 1.82) is 0 Å². The van der Waals surface area contributed by atoms with Gasteiger partial charge in [0.15, 0.2) is 0 Å². The number of halogens is 1. The maximum absolute atomic E-state index is 6.11. The highest BCUT2D eigenvalue weighted by molar-refractivity contribution is 9.10. The van der Waals surface area contributed by atoms with Crippen molar-refractivity contribution in [2.75, 3.05) is 18.1 Å². The van der Waals surface area contributed by atoms with Gasteiger partial charge in [0.2, 0.25) is 5.95 Å². The minimum absolute atomic E-state index is 0.124. The molecule has 1 aromatic heterocycles. The number of aromatic nitrogens is 2. The Morgan fingerprint density at radius 3 is 2.88 bits per heavy atom. The van der Waals surface area contributed by atoms with Crippen LogP contribution in [0, 0.1) is 0 Å². The summed E-state index contributed by atoms with van der Waals surface area (Å²) < 4.78 is 12.9. The summed E-state index contributed by atoms with van der Waals surface area (Å²) in [7, 11) is 0. The van der Waals surface area contributed by atoms with Crippen molar-refractivity contribution in [2.24, 2.45) is 0 Å². The third-order valence-corrected chi connectivity index (χ3v) is 4.47.